The second-order valence-electron chi connectivity index (χ2n) is 8.09. The highest BCUT2D eigenvalue weighted by atomic mass is 32.2. The molecule has 0 atom stereocenters. The molecule has 1 saturated heterocycles. The molecule has 0 unspecified atom stereocenters. The van der Waals surface area contributed by atoms with Gasteiger partial charge < -0.3 is 10.2 Å². The van der Waals surface area contributed by atoms with Crippen molar-refractivity contribution in [3.63, 3.8) is 0 Å². The number of nitrogens with one attached hydrogen (secondary N) is 1. The lowest BCUT2D eigenvalue weighted by Crippen LogP contribution is -2.47. The molecule has 1 aliphatic heterocycles. The molecule has 2 aromatic carbocycles. The van der Waals surface area contributed by atoms with Gasteiger partial charge in [-0.05, 0) is 49.2 Å². The number of piperazine rings is 1. The highest BCUT2D eigenvalue weighted by Gasteiger charge is 2.20. The Morgan fingerprint density at radius 1 is 1.06 bits per heavy atom. The van der Waals surface area contributed by atoms with Crippen molar-refractivity contribution in [1.82, 2.24) is 10.2 Å². The number of anilines is 1. The van der Waals surface area contributed by atoms with Crippen LogP contribution in [0.4, 0.5) is 10.1 Å². The van der Waals surface area contributed by atoms with Gasteiger partial charge in [0.15, 0.2) is 5.78 Å². The third-order valence-corrected chi connectivity index (χ3v) is 6.64. The zero-order chi connectivity index (χ0) is 24.0. The first-order chi connectivity index (χ1) is 15.6. The fourth-order valence-corrected chi connectivity index (χ4v) is 4.25. The summed E-state index contributed by atoms with van der Waals surface area (Å²) in [5, 5.41) is 7.96. The first kappa shape index (κ1) is 24.8. The summed E-state index contributed by atoms with van der Waals surface area (Å²) >= 11 is 0. The van der Waals surface area contributed by atoms with Gasteiger partial charge in [-0.15, -0.1) is 0 Å². The number of hydrogen-bond acceptors (Lipinski definition) is 6. The Bertz CT molecular complexity index is 1100. The molecular weight excluding hydrogens is 447 g/mol. The van der Waals surface area contributed by atoms with E-state index < -0.39 is 15.8 Å². The maximum absolute atomic E-state index is 14.4. The summed E-state index contributed by atoms with van der Waals surface area (Å²) in [6, 6.07) is 10.8. The van der Waals surface area contributed by atoms with Crippen molar-refractivity contribution >= 4 is 27.4 Å². The Morgan fingerprint density at radius 2 is 1.73 bits per heavy atom. The smallest absolute Gasteiger partial charge is 0.238 e. The maximum Gasteiger partial charge on any atom is 0.238 e. The summed E-state index contributed by atoms with van der Waals surface area (Å²) in [4.78, 5) is 27.7. The Hall–Kier alpha value is -2.82. The van der Waals surface area contributed by atoms with Gasteiger partial charge in [0.25, 0.3) is 0 Å². The number of rotatable bonds is 9. The van der Waals surface area contributed by atoms with Crippen LogP contribution in [0.1, 0.15) is 29.3 Å². The number of amides is 1. The topological polar surface area (TPSA) is 113 Å². The van der Waals surface area contributed by atoms with Crippen molar-refractivity contribution in [3.8, 4) is 0 Å². The number of sulfonamides is 1. The summed E-state index contributed by atoms with van der Waals surface area (Å²) in [7, 11) is -3.71. The molecule has 1 fully saturated rings. The van der Waals surface area contributed by atoms with Crippen molar-refractivity contribution < 1.29 is 22.4 Å². The Kier molecular flexibility index (Phi) is 8.17. The Balaban J connectivity index is 1.37. The summed E-state index contributed by atoms with van der Waals surface area (Å²) in [6.45, 7) is 5.22. The third-order valence-electron chi connectivity index (χ3n) is 5.71. The van der Waals surface area contributed by atoms with Gasteiger partial charge in [0.05, 0.1) is 10.6 Å². The van der Waals surface area contributed by atoms with Crippen LogP contribution in [0.2, 0.25) is 0 Å². The summed E-state index contributed by atoms with van der Waals surface area (Å²) in [5.74, 6) is -0.609. The van der Waals surface area contributed by atoms with Gasteiger partial charge in [0, 0.05) is 51.3 Å². The normalized spacial score (nSPS) is 14.8. The predicted octanol–water partition coefficient (Wildman–Crippen LogP) is 1.55. The average Bonchev–Trinajstić information content (AvgIpc) is 2.78. The maximum atomic E-state index is 14.4. The SMILES string of the molecule is CC(=O)c1ccc(N2CCN(CCC(=O)NCCc3ccc(S(N)(=O)=O)cc3)CC2)c(F)c1. The molecule has 0 spiro atoms. The number of hydrogen-bond donors (Lipinski definition) is 2. The number of benzene rings is 2. The molecule has 10 heteroatoms. The van der Waals surface area contributed by atoms with Gasteiger partial charge in [0.1, 0.15) is 5.82 Å². The monoisotopic (exact) mass is 476 g/mol. The summed E-state index contributed by atoms with van der Waals surface area (Å²) in [6.07, 6.45) is 0.954. The van der Waals surface area contributed by atoms with Gasteiger partial charge in [-0.25, -0.2) is 17.9 Å². The first-order valence-electron chi connectivity index (χ1n) is 10.8. The average molecular weight is 477 g/mol. The van der Waals surface area contributed by atoms with Crippen LogP contribution < -0.4 is 15.4 Å². The molecule has 0 saturated carbocycles. The molecule has 0 radical (unpaired) electrons. The van der Waals surface area contributed by atoms with E-state index in [1.54, 1.807) is 24.3 Å². The largest absolute Gasteiger partial charge is 0.367 e. The number of carbonyl (C=O) groups excluding carboxylic acids is 2. The predicted molar refractivity (Wildman–Crippen MR) is 124 cm³/mol. The van der Waals surface area contributed by atoms with Crippen LogP contribution in [0.5, 0.6) is 0 Å². The second kappa shape index (κ2) is 10.9. The number of carbonyl (C=O) groups is 2. The van der Waals surface area contributed by atoms with Gasteiger partial charge in [-0.3, -0.25) is 14.5 Å². The number of Topliss-reactive ketones (excluding diaryl/α,β-unsaturated/α-hetero) is 1. The fraction of sp³-hybridized carbons (Fsp3) is 0.391. The molecule has 33 heavy (non-hydrogen) atoms. The summed E-state index contributed by atoms with van der Waals surface area (Å²) < 4.78 is 36.9. The molecular formula is C23H29FN4O4S. The van der Waals surface area contributed by atoms with Crippen LogP contribution in [0.3, 0.4) is 0 Å². The van der Waals surface area contributed by atoms with Crippen LogP contribution in [-0.4, -0.2) is 64.3 Å². The van der Waals surface area contributed by atoms with Gasteiger partial charge in [-0.1, -0.05) is 12.1 Å². The van der Waals surface area contributed by atoms with E-state index in [1.165, 1.54) is 25.1 Å². The van der Waals surface area contributed by atoms with Crippen molar-refractivity contribution in [2.45, 2.75) is 24.7 Å². The van der Waals surface area contributed by atoms with Gasteiger partial charge in [-0.2, -0.15) is 0 Å². The van der Waals surface area contributed by atoms with E-state index in [9.17, 15) is 22.4 Å². The minimum Gasteiger partial charge on any atom is -0.367 e. The molecule has 3 N–H and O–H groups in total. The van der Waals surface area contributed by atoms with Crippen LogP contribution in [0, 0.1) is 5.82 Å². The number of nitrogens with two attached hydrogens (primary N) is 1. The van der Waals surface area contributed by atoms with E-state index in [4.69, 9.17) is 5.14 Å². The molecule has 0 bridgehead atoms. The third kappa shape index (κ3) is 7.08. The molecule has 1 heterocycles. The standard InChI is InChI=1S/C23H29FN4O4S/c1-17(29)19-4-7-22(21(24)16-19)28-14-12-27(13-15-28)11-9-23(30)26-10-8-18-2-5-20(6-3-18)33(25,31)32/h2-7,16H,8-15H2,1H3,(H,26,30)(H2,25,31,32). The zero-order valence-electron chi connectivity index (χ0n) is 18.6. The first-order valence-corrected chi connectivity index (χ1v) is 12.3. The van der Waals surface area contributed by atoms with E-state index in [0.717, 1.165) is 18.7 Å². The van der Waals surface area contributed by atoms with Crippen molar-refractivity contribution in [2.24, 2.45) is 5.14 Å². The summed E-state index contributed by atoms with van der Waals surface area (Å²) in [5.41, 5.74) is 1.76. The lowest BCUT2D eigenvalue weighted by Gasteiger charge is -2.36. The number of ketones is 1. The molecule has 1 aliphatic rings. The fourth-order valence-electron chi connectivity index (χ4n) is 3.73. The van der Waals surface area contributed by atoms with Crippen LogP contribution in [0.15, 0.2) is 47.4 Å². The Labute approximate surface area is 193 Å². The Morgan fingerprint density at radius 3 is 2.30 bits per heavy atom. The van der Waals surface area contributed by atoms with E-state index in [2.05, 4.69) is 10.2 Å². The minimum atomic E-state index is -3.71. The molecule has 0 aromatic heterocycles. The van der Waals surface area contributed by atoms with Crippen molar-refractivity contribution in [2.75, 3.05) is 44.2 Å². The van der Waals surface area contributed by atoms with E-state index >= 15 is 0 Å². The molecule has 2 aromatic rings. The van der Waals surface area contributed by atoms with Crippen molar-refractivity contribution in [3.05, 3.63) is 59.4 Å². The van der Waals surface area contributed by atoms with Crippen molar-refractivity contribution in [1.29, 1.82) is 0 Å². The highest BCUT2D eigenvalue weighted by Crippen LogP contribution is 2.22. The van der Waals surface area contributed by atoms with Crippen LogP contribution in [-0.2, 0) is 21.2 Å². The molecule has 8 nitrogen and oxygen atoms in total. The molecule has 1 amide bonds. The lowest BCUT2D eigenvalue weighted by molar-refractivity contribution is -0.121. The molecule has 0 aliphatic carbocycles. The number of halogens is 1. The molecule has 178 valence electrons. The lowest BCUT2D eigenvalue weighted by atomic mass is 10.1. The van der Waals surface area contributed by atoms with Gasteiger partial charge in [0.2, 0.25) is 15.9 Å². The molecule has 3 rings (SSSR count). The zero-order valence-corrected chi connectivity index (χ0v) is 19.4. The van der Waals surface area contributed by atoms with Crippen LogP contribution >= 0.6 is 0 Å². The van der Waals surface area contributed by atoms with Crippen LogP contribution in [0.25, 0.3) is 0 Å². The van der Waals surface area contributed by atoms with E-state index in [-0.39, 0.29) is 16.6 Å². The quantitative estimate of drug-likeness (QED) is 0.531. The number of primary sulfonamides is 1. The second-order valence-corrected chi connectivity index (χ2v) is 9.65. The van der Waals surface area contributed by atoms with E-state index in [0.29, 0.717) is 50.3 Å². The highest BCUT2D eigenvalue weighted by molar-refractivity contribution is 7.89. The van der Waals surface area contributed by atoms with Gasteiger partial charge >= 0.3 is 0 Å². The van der Waals surface area contributed by atoms with E-state index in [1.807, 2.05) is 4.90 Å². The number of nitrogens with zero attached hydrogens (tertiary/aromatic N) is 2. The minimum absolute atomic E-state index is 0.0514.